The lowest BCUT2D eigenvalue weighted by molar-refractivity contribution is -0.241. The monoisotopic (exact) mass is 260 g/mol. The van der Waals surface area contributed by atoms with Crippen molar-refractivity contribution in [1.82, 2.24) is 0 Å². The molecule has 3 rings (SSSR count). The van der Waals surface area contributed by atoms with Crippen LogP contribution in [0.25, 0.3) is 0 Å². The first-order chi connectivity index (χ1) is 8.28. The molecule has 1 N–H and O–H groups in total. The molecule has 4 atom stereocenters. The van der Waals surface area contributed by atoms with Crippen molar-refractivity contribution in [2.24, 2.45) is 0 Å². The number of aliphatic hydroxyl groups is 1. The Hall–Kier alpha value is -0.240. The predicted octanol–water partition coefficient (Wildman–Crippen LogP) is 0.377. The Morgan fingerprint density at radius 1 is 1.06 bits per heavy atom. The van der Waals surface area contributed by atoms with Crippen molar-refractivity contribution in [1.29, 1.82) is 0 Å². The second-order valence-electron chi connectivity index (χ2n) is 5.99. The van der Waals surface area contributed by atoms with Crippen molar-refractivity contribution >= 4 is 0 Å². The summed E-state index contributed by atoms with van der Waals surface area (Å²) in [5.74, 6) is -1.51. The molecule has 0 aliphatic carbocycles. The van der Waals surface area contributed by atoms with Gasteiger partial charge in [0.2, 0.25) is 0 Å². The Morgan fingerprint density at radius 2 is 1.78 bits per heavy atom. The summed E-state index contributed by atoms with van der Waals surface area (Å²) in [7, 11) is 0. The minimum absolute atomic E-state index is 0.234. The number of hydrogen-bond donors (Lipinski definition) is 1. The van der Waals surface area contributed by atoms with Gasteiger partial charge in [-0.1, -0.05) is 0 Å². The summed E-state index contributed by atoms with van der Waals surface area (Å²) in [6.45, 7) is 7.41. The summed E-state index contributed by atoms with van der Waals surface area (Å²) in [5, 5.41) is 9.78. The van der Waals surface area contributed by atoms with Gasteiger partial charge in [0, 0.05) is 0 Å². The van der Waals surface area contributed by atoms with E-state index < -0.39 is 29.6 Å². The van der Waals surface area contributed by atoms with E-state index in [9.17, 15) is 5.11 Å². The zero-order valence-corrected chi connectivity index (χ0v) is 11.1. The van der Waals surface area contributed by atoms with E-state index in [1.54, 1.807) is 13.8 Å². The topological polar surface area (TPSA) is 66.4 Å². The second kappa shape index (κ2) is 3.65. The Labute approximate surface area is 106 Å². The van der Waals surface area contributed by atoms with E-state index in [-0.39, 0.29) is 12.7 Å². The van der Waals surface area contributed by atoms with Crippen LogP contribution in [0.5, 0.6) is 0 Å². The summed E-state index contributed by atoms with van der Waals surface area (Å²) in [4.78, 5) is 0. The highest BCUT2D eigenvalue weighted by atomic mass is 16.9. The molecule has 18 heavy (non-hydrogen) atoms. The van der Waals surface area contributed by atoms with Gasteiger partial charge in [-0.25, -0.2) is 0 Å². The maximum Gasteiger partial charge on any atom is 0.195 e. The van der Waals surface area contributed by atoms with Crippen LogP contribution in [0.2, 0.25) is 0 Å². The quantitative estimate of drug-likeness (QED) is 0.735. The van der Waals surface area contributed by atoms with Gasteiger partial charge >= 0.3 is 0 Å². The fourth-order valence-electron chi connectivity index (χ4n) is 3.01. The zero-order valence-electron chi connectivity index (χ0n) is 11.1. The molecule has 3 heterocycles. The first kappa shape index (κ1) is 12.8. The Kier molecular flexibility index (Phi) is 2.59. The van der Waals surface area contributed by atoms with Crippen molar-refractivity contribution < 1.29 is 28.8 Å². The molecule has 0 bridgehead atoms. The lowest BCUT2D eigenvalue weighted by Crippen LogP contribution is -2.62. The van der Waals surface area contributed by atoms with Gasteiger partial charge < -0.3 is 28.8 Å². The molecule has 6 nitrogen and oxygen atoms in total. The minimum atomic E-state index is -1.01. The molecule has 6 heteroatoms. The van der Waals surface area contributed by atoms with Gasteiger partial charge in [0.25, 0.3) is 0 Å². The fraction of sp³-hybridized carbons (Fsp3) is 1.00. The molecule has 3 aliphatic heterocycles. The molecule has 0 aromatic heterocycles. The minimum Gasteiger partial charge on any atom is -0.393 e. The van der Waals surface area contributed by atoms with Crippen LogP contribution < -0.4 is 0 Å². The molecule has 0 unspecified atom stereocenters. The van der Waals surface area contributed by atoms with Gasteiger partial charge in [0.05, 0.1) is 13.2 Å². The summed E-state index contributed by atoms with van der Waals surface area (Å²) in [5.41, 5.74) is -1.01. The van der Waals surface area contributed by atoms with Crippen molar-refractivity contribution in [3.05, 3.63) is 0 Å². The molecule has 0 aromatic carbocycles. The van der Waals surface area contributed by atoms with E-state index in [0.717, 1.165) is 0 Å². The standard InChI is InChI=1S/C12H20O6/c1-10(2)15-7-5-14-9-12(6-13,8(7)16-10)18-11(3,4)17-9/h7-9,13H,5-6H2,1-4H3/t7-,8-,9-,12-/m1/s1. The third kappa shape index (κ3) is 1.71. The Bertz CT molecular complexity index is 354. The third-order valence-electron chi connectivity index (χ3n) is 3.55. The van der Waals surface area contributed by atoms with Gasteiger partial charge in [-0.2, -0.15) is 0 Å². The van der Waals surface area contributed by atoms with E-state index in [0.29, 0.717) is 6.61 Å². The molecule has 0 spiro atoms. The van der Waals surface area contributed by atoms with E-state index in [1.165, 1.54) is 0 Å². The van der Waals surface area contributed by atoms with Crippen LogP contribution in [0.3, 0.4) is 0 Å². The highest BCUT2D eigenvalue weighted by Gasteiger charge is 2.67. The number of ether oxygens (including phenoxy) is 5. The van der Waals surface area contributed by atoms with Crippen LogP contribution in [0, 0.1) is 0 Å². The average molecular weight is 260 g/mol. The normalized spacial score (nSPS) is 48.8. The summed E-state index contributed by atoms with van der Waals surface area (Å²) in [6.07, 6.45) is -1.27. The average Bonchev–Trinajstić information content (AvgIpc) is 2.70. The summed E-state index contributed by atoms with van der Waals surface area (Å²) in [6, 6.07) is 0. The van der Waals surface area contributed by atoms with Crippen LogP contribution >= 0.6 is 0 Å². The number of hydrogen-bond acceptors (Lipinski definition) is 6. The molecule has 104 valence electrons. The molecule has 0 saturated carbocycles. The predicted molar refractivity (Wildman–Crippen MR) is 59.6 cm³/mol. The SMILES string of the molecule is CC1(C)O[C@@H]2[C@@H](CO[C@@H]3OC(C)(C)O[C@@]32CO)O1. The molecule has 0 amide bonds. The lowest BCUT2D eigenvalue weighted by atomic mass is 9.90. The molecular formula is C12H20O6. The number of fused-ring (bicyclic) bond motifs is 3. The van der Waals surface area contributed by atoms with Crippen LogP contribution in [0.15, 0.2) is 0 Å². The third-order valence-corrected chi connectivity index (χ3v) is 3.55. The largest absolute Gasteiger partial charge is 0.393 e. The summed E-state index contributed by atoms with van der Waals surface area (Å²) < 4.78 is 28.9. The van der Waals surface area contributed by atoms with Gasteiger partial charge in [-0.05, 0) is 27.7 Å². The lowest BCUT2D eigenvalue weighted by Gasteiger charge is -2.41. The van der Waals surface area contributed by atoms with Crippen LogP contribution in [-0.2, 0) is 23.7 Å². The first-order valence-electron chi connectivity index (χ1n) is 6.24. The molecule has 3 saturated heterocycles. The number of aliphatic hydroxyl groups excluding tert-OH is 1. The van der Waals surface area contributed by atoms with Crippen LogP contribution in [0.4, 0.5) is 0 Å². The highest BCUT2D eigenvalue weighted by Crippen LogP contribution is 2.48. The van der Waals surface area contributed by atoms with E-state index in [4.69, 9.17) is 23.7 Å². The smallest absolute Gasteiger partial charge is 0.195 e. The van der Waals surface area contributed by atoms with E-state index >= 15 is 0 Å². The number of rotatable bonds is 1. The molecule has 3 fully saturated rings. The Morgan fingerprint density at radius 3 is 2.44 bits per heavy atom. The molecular weight excluding hydrogens is 240 g/mol. The zero-order chi connectivity index (χ0) is 13.2. The van der Waals surface area contributed by atoms with Crippen molar-refractivity contribution in [2.75, 3.05) is 13.2 Å². The molecule has 3 aliphatic rings. The maximum atomic E-state index is 9.78. The molecule has 0 aromatic rings. The highest BCUT2D eigenvalue weighted by molar-refractivity contribution is 5.07. The van der Waals surface area contributed by atoms with Crippen LogP contribution in [0.1, 0.15) is 27.7 Å². The van der Waals surface area contributed by atoms with Gasteiger partial charge in [-0.15, -0.1) is 0 Å². The van der Waals surface area contributed by atoms with E-state index in [2.05, 4.69) is 0 Å². The van der Waals surface area contributed by atoms with Gasteiger partial charge in [0.15, 0.2) is 23.5 Å². The Balaban J connectivity index is 1.95. The van der Waals surface area contributed by atoms with Crippen molar-refractivity contribution in [2.45, 2.75) is 63.4 Å². The van der Waals surface area contributed by atoms with Gasteiger partial charge in [-0.3, -0.25) is 0 Å². The van der Waals surface area contributed by atoms with E-state index in [1.807, 2.05) is 13.8 Å². The molecule has 0 radical (unpaired) electrons. The first-order valence-corrected chi connectivity index (χ1v) is 6.24. The second-order valence-corrected chi connectivity index (χ2v) is 5.99. The van der Waals surface area contributed by atoms with Crippen molar-refractivity contribution in [3.63, 3.8) is 0 Å². The van der Waals surface area contributed by atoms with Gasteiger partial charge in [0.1, 0.15) is 12.2 Å². The summed E-state index contributed by atoms with van der Waals surface area (Å²) >= 11 is 0. The maximum absolute atomic E-state index is 9.78. The van der Waals surface area contributed by atoms with Crippen LogP contribution in [-0.4, -0.2) is 54.0 Å². The van der Waals surface area contributed by atoms with Crippen molar-refractivity contribution in [3.8, 4) is 0 Å². The fourth-order valence-corrected chi connectivity index (χ4v) is 3.01.